The van der Waals surface area contributed by atoms with E-state index in [9.17, 15) is 0 Å². The van der Waals surface area contributed by atoms with Crippen molar-refractivity contribution in [3.8, 4) is 17.4 Å². The van der Waals surface area contributed by atoms with Gasteiger partial charge >= 0.3 is 0 Å². The van der Waals surface area contributed by atoms with E-state index in [0.717, 1.165) is 47.1 Å². The Morgan fingerprint density at radius 3 is 2.22 bits per heavy atom. The molecule has 0 saturated heterocycles. The molecule has 0 aliphatic heterocycles. The Bertz CT molecular complexity index is 1250. The summed E-state index contributed by atoms with van der Waals surface area (Å²) in [6.45, 7) is 2.61. The Hall–Kier alpha value is -3.68. The number of nitrogens with zero attached hydrogens (tertiary/aromatic N) is 3. The molecule has 7 nitrogen and oxygen atoms in total. The zero-order chi connectivity index (χ0) is 25.3. The van der Waals surface area contributed by atoms with E-state index in [0.29, 0.717) is 23.9 Å². The molecule has 8 heteroatoms. The highest BCUT2D eigenvalue weighted by Gasteiger charge is 2.08. The van der Waals surface area contributed by atoms with Gasteiger partial charge in [-0.25, -0.2) is 9.97 Å². The van der Waals surface area contributed by atoms with Crippen LogP contribution < -0.4 is 20.5 Å². The van der Waals surface area contributed by atoms with Gasteiger partial charge in [-0.2, -0.15) is 4.98 Å². The number of ether oxygens (including phenoxy) is 2. The summed E-state index contributed by atoms with van der Waals surface area (Å²) < 4.78 is 11.4. The summed E-state index contributed by atoms with van der Waals surface area (Å²) in [7, 11) is 1.66. The molecule has 0 fully saturated rings. The third-order valence-electron chi connectivity index (χ3n) is 5.51. The van der Waals surface area contributed by atoms with E-state index in [1.54, 1.807) is 19.5 Å². The van der Waals surface area contributed by atoms with Gasteiger partial charge in [0.05, 0.1) is 12.1 Å². The first-order valence-electron chi connectivity index (χ1n) is 11.8. The Morgan fingerprint density at radius 2 is 1.56 bits per heavy atom. The number of hydrogen-bond donors (Lipinski definition) is 2. The van der Waals surface area contributed by atoms with E-state index in [-0.39, 0.29) is 6.04 Å². The minimum atomic E-state index is 0.110. The number of rotatable bonds is 11. The zero-order valence-electron chi connectivity index (χ0n) is 20.4. The maximum atomic E-state index is 6.12. The molecule has 1 atom stereocenters. The highest BCUT2D eigenvalue weighted by atomic mass is 35.5. The molecule has 0 spiro atoms. The Labute approximate surface area is 216 Å². The van der Waals surface area contributed by atoms with Gasteiger partial charge in [0.1, 0.15) is 23.1 Å². The lowest BCUT2D eigenvalue weighted by Crippen LogP contribution is -2.17. The van der Waals surface area contributed by atoms with Gasteiger partial charge < -0.3 is 20.5 Å². The van der Waals surface area contributed by atoms with Crippen molar-refractivity contribution in [3.05, 3.63) is 101 Å². The number of aromatic nitrogens is 3. The lowest BCUT2D eigenvalue weighted by atomic mass is 10.1. The number of nitrogens with one attached hydrogen (secondary N) is 1. The van der Waals surface area contributed by atoms with Crippen molar-refractivity contribution in [1.29, 1.82) is 0 Å². The topological polar surface area (TPSA) is 95.2 Å². The molecule has 2 aromatic heterocycles. The maximum Gasteiger partial charge on any atom is 0.221 e. The molecule has 0 saturated carbocycles. The molecule has 2 aromatic carbocycles. The predicted molar refractivity (Wildman–Crippen MR) is 143 cm³/mol. The number of hydrogen-bond acceptors (Lipinski definition) is 7. The van der Waals surface area contributed by atoms with Crippen molar-refractivity contribution < 1.29 is 9.47 Å². The van der Waals surface area contributed by atoms with Crippen LogP contribution in [-0.4, -0.2) is 28.1 Å². The fourth-order valence-corrected chi connectivity index (χ4v) is 3.79. The monoisotopic (exact) mass is 503 g/mol. The summed E-state index contributed by atoms with van der Waals surface area (Å²) in [6.07, 6.45) is 5.44. The van der Waals surface area contributed by atoms with Crippen LogP contribution in [0.25, 0.3) is 0 Å². The number of methoxy groups -OCH3 is 1. The van der Waals surface area contributed by atoms with Crippen molar-refractivity contribution in [2.24, 2.45) is 5.73 Å². The highest BCUT2D eigenvalue weighted by Crippen LogP contribution is 2.25. The first-order chi connectivity index (χ1) is 17.5. The average Bonchev–Trinajstić information content (AvgIpc) is 2.88. The van der Waals surface area contributed by atoms with Gasteiger partial charge in [0, 0.05) is 37.5 Å². The first kappa shape index (κ1) is 25.4. The second-order valence-corrected chi connectivity index (χ2v) is 9.08. The maximum absolute atomic E-state index is 6.12. The Morgan fingerprint density at radius 1 is 0.889 bits per heavy atom. The minimum Gasteiger partial charge on any atom is -0.497 e. The lowest BCUT2D eigenvalue weighted by molar-refractivity contribution is 0.414. The second kappa shape index (κ2) is 12.3. The third kappa shape index (κ3) is 7.66. The number of pyridine rings is 1. The van der Waals surface area contributed by atoms with E-state index in [4.69, 9.17) is 26.8 Å². The number of halogens is 1. The SMILES string of the molecule is COc1ccc(CNc2cc(CCc3ncc(Cl)cn3)cc(Oc3ccc(CC(C)N)cc3)n2)cc1. The van der Waals surface area contributed by atoms with Crippen LogP contribution in [0.5, 0.6) is 17.4 Å². The molecule has 0 aliphatic carbocycles. The second-order valence-electron chi connectivity index (χ2n) is 8.65. The van der Waals surface area contributed by atoms with Crippen LogP contribution in [0, 0.1) is 0 Å². The van der Waals surface area contributed by atoms with Crippen LogP contribution >= 0.6 is 11.6 Å². The van der Waals surface area contributed by atoms with Crippen molar-refractivity contribution in [3.63, 3.8) is 0 Å². The summed E-state index contributed by atoms with van der Waals surface area (Å²) in [5, 5.41) is 3.93. The molecule has 0 amide bonds. The van der Waals surface area contributed by atoms with Crippen molar-refractivity contribution >= 4 is 17.4 Å². The number of benzene rings is 2. The third-order valence-corrected chi connectivity index (χ3v) is 5.70. The van der Waals surface area contributed by atoms with E-state index in [1.165, 1.54) is 5.56 Å². The highest BCUT2D eigenvalue weighted by molar-refractivity contribution is 6.30. The van der Waals surface area contributed by atoms with Gasteiger partial charge in [-0.1, -0.05) is 35.9 Å². The molecule has 0 aliphatic rings. The normalized spacial score (nSPS) is 11.7. The molecular formula is C28H30ClN5O2. The molecule has 2 heterocycles. The number of anilines is 1. The van der Waals surface area contributed by atoms with E-state index in [1.807, 2.05) is 67.6 Å². The molecule has 36 heavy (non-hydrogen) atoms. The summed E-state index contributed by atoms with van der Waals surface area (Å²) in [4.78, 5) is 13.3. The molecule has 0 radical (unpaired) electrons. The smallest absolute Gasteiger partial charge is 0.221 e. The van der Waals surface area contributed by atoms with E-state index >= 15 is 0 Å². The summed E-state index contributed by atoms with van der Waals surface area (Å²) in [5.41, 5.74) is 9.26. The molecular weight excluding hydrogens is 474 g/mol. The van der Waals surface area contributed by atoms with Crippen molar-refractivity contribution in [2.75, 3.05) is 12.4 Å². The van der Waals surface area contributed by atoms with Crippen molar-refractivity contribution in [1.82, 2.24) is 15.0 Å². The molecule has 1 unspecified atom stereocenters. The van der Waals surface area contributed by atoms with Gasteiger partial charge in [0.2, 0.25) is 5.88 Å². The van der Waals surface area contributed by atoms with Gasteiger partial charge in [-0.15, -0.1) is 0 Å². The molecule has 4 rings (SSSR count). The van der Waals surface area contributed by atoms with Crippen LogP contribution in [0.1, 0.15) is 29.4 Å². The van der Waals surface area contributed by atoms with Gasteiger partial charge in [-0.3, -0.25) is 0 Å². The fourth-order valence-electron chi connectivity index (χ4n) is 3.69. The summed E-state index contributed by atoms with van der Waals surface area (Å²) >= 11 is 5.91. The van der Waals surface area contributed by atoms with E-state index in [2.05, 4.69) is 20.3 Å². The molecule has 4 aromatic rings. The van der Waals surface area contributed by atoms with Gasteiger partial charge in [-0.05, 0) is 66.8 Å². The standard InChI is InChI=1S/C28H30ClN5O2/c1-19(30)13-20-3-10-25(11-4-20)36-28-15-22(7-12-26-32-17-23(29)18-33-26)14-27(34-28)31-16-21-5-8-24(35-2)9-6-21/h3-6,8-11,14-15,17-19H,7,12-13,16,30H2,1-2H3,(H,31,34). The van der Waals surface area contributed by atoms with Gasteiger partial charge in [0.25, 0.3) is 0 Å². The van der Waals surface area contributed by atoms with E-state index < -0.39 is 0 Å². The van der Waals surface area contributed by atoms with Crippen LogP contribution in [-0.2, 0) is 25.8 Å². The first-order valence-corrected chi connectivity index (χ1v) is 12.2. The molecule has 0 bridgehead atoms. The quantitative estimate of drug-likeness (QED) is 0.274. The molecule has 186 valence electrons. The Balaban J connectivity index is 1.50. The number of nitrogens with two attached hydrogens (primary N) is 1. The largest absolute Gasteiger partial charge is 0.497 e. The fraction of sp³-hybridized carbons (Fsp3) is 0.250. The predicted octanol–water partition coefficient (Wildman–Crippen LogP) is 5.61. The van der Waals surface area contributed by atoms with Crippen LogP contribution in [0.3, 0.4) is 0 Å². The average molecular weight is 504 g/mol. The van der Waals surface area contributed by atoms with Crippen LogP contribution in [0.4, 0.5) is 5.82 Å². The minimum absolute atomic E-state index is 0.110. The summed E-state index contributed by atoms with van der Waals surface area (Å²) in [5.74, 6) is 3.52. The van der Waals surface area contributed by atoms with Crippen molar-refractivity contribution in [2.45, 2.75) is 38.8 Å². The van der Waals surface area contributed by atoms with Crippen LogP contribution in [0.2, 0.25) is 5.02 Å². The lowest BCUT2D eigenvalue weighted by Gasteiger charge is -2.13. The zero-order valence-corrected chi connectivity index (χ0v) is 21.2. The molecule has 3 N–H and O–H groups in total. The number of aryl methyl sites for hydroxylation is 2. The summed E-state index contributed by atoms with van der Waals surface area (Å²) in [6, 6.07) is 20.0. The van der Waals surface area contributed by atoms with Gasteiger partial charge in [0.15, 0.2) is 0 Å². The Kier molecular flexibility index (Phi) is 8.71. The van der Waals surface area contributed by atoms with Crippen LogP contribution in [0.15, 0.2) is 73.1 Å².